The van der Waals surface area contributed by atoms with Crippen LogP contribution in [0.25, 0.3) is 5.69 Å². The van der Waals surface area contributed by atoms with Gasteiger partial charge in [-0.2, -0.15) is 0 Å². The van der Waals surface area contributed by atoms with Crippen molar-refractivity contribution in [2.75, 3.05) is 7.11 Å². The molecule has 0 bridgehead atoms. The number of nitro benzene ring substituents is 1. The summed E-state index contributed by atoms with van der Waals surface area (Å²) in [5.41, 5.74) is 1.74. The van der Waals surface area contributed by atoms with Crippen LogP contribution >= 0.6 is 0 Å². The highest BCUT2D eigenvalue weighted by Gasteiger charge is 2.29. The van der Waals surface area contributed by atoms with E-state index in [0.717, 1.165) is 25.0 Å². The van der Waals surface area contributed by atoms with Crippen molar-refractivity contribution in [3.05, 3.63) is 39.7 Å². The van der Waals surface area contributed by atoms with Gasteiger partial charge in [-0.1, -0.05) is 11.6 Å². The maximum absolute atomic E-state index is 11.0. The third-order valence-electron chi connectivity index (χ3n) is 4.02. The molecule has 1 saturated carbocycles. The van der Waals surface area contributed by atoms with Crippen LogP contribution in [-0.2, 0) is 6.61 Å². The summed E-state index contributed by atoms with van der Waals surface area (Å²) < 4.78 is 6.85. The molecule has 0 amide bonds. The number of hydrogen-bond acceptors (Lipinski definition) is 6. The zero-order chi connectivity index (χ0) is 15.7. The lowest BCUT2D eigenvalue weighted by Crippen LogP contribution is -2.16. The second-order valence-corrected chi connectivity index (χ2v) is 5.23. The average Bonchev–Trinajstić information content (AvgIpc) is 2.88. The van der Waals surface area contributed by atoms with Crippen LogP contribution in [0.2, 0.25) is 0 Å². The zero-order valence-electron chi connectivity index (χ0n) is 12.1. The van der Waals surface area contributed by atoms with Crippen molar-refractivity contribution in [2.24, 2.45) is 0 Å². The van der Waals surface area contributed by atoms with Crippen molar-refractivity contribution in [2.45, 2.75) is 31.8 Å². The Labute approximate surface area is 126 Å². The van der Waals surface area contributed by atoms with Crippen LogP contribution in [0.15, 0.2) is 18.2 Å². The van der Waals surface area contributed by atoms with E-state index in [2.05, 4.69) is 10.3 Å². The number of non-ortho nitro benzene ring substituents is 1. The predicted octanol–water partition coefficient (Wildman–Crippen LogP) is 1.94. The van der Waals surface area contributed by atoms with Gasteiger partial charge in [-0.3, -0.25) is 10.1 Å². The van der Waals surface area contributed by atoms with Crippen molar-refractivity contribution in [3.8, 4) is 11.4 Å². The highest BCUT2D eigenvalue weighted by atomic mass is 16.6. The molecule has 1 aliphatic carbocycles. The molecule has 0 unspecified atom stereocenters. The van der Waals surface area contributed by atoms with E-state index >= 15 is 0 Å². The molecule has 2 aromatic rings. The maximum Gasteiger partial charge on any atom is 0.271 e. The van der Waals surface area contributed by atoms with E-state index in [1.165, 1.54) is 25.3 Å². The Bertz CT molecular complexity index is 709. The number of aromatic nitrogens is 3. The van der Waals surface area contributed by atoms with Gasteiger partial charge in [0.2, 0.25) is 0 Å². The second kappa shape index (κ2) is 5.72. The molecule has 22 heavy (non-hydrogen) atoms. The van der Waals surface area contributed by atoms with Crippen molar-refractivity contribution in [1.29, 1.82) is 0 Å². The fraction of sp³-hybridized carbons (Fsp3) is 0.429. The minimum absolute atomic E-state index is 0.0450. The van der Waals surface area contributed by atoms with E-state index in [-0.39, 0.29) is 18.2 Å². The number of nitrogens with zero attached hydrogens (tertiary/aromatic N) is 4. The molecule has 1 fully saturated rings. The Morgan fingerprint density at radius 2 is 2.27 bits per heavy atom. The monoisotopic (exact) mass is 304 g/mol. The summed E-state index contributed by atoms with van der Waals surface area (Å²) in [5, 5.41) is 28.5. The standard InChI is InChI=1S/C14H16N4O4/c1-22-13-6-5-10(18(20)21)7-12(13)17-14(9-3-2-4-9)11(8-19)15-16-17/h5-7,9,19H,2-4,8H2,1H3. The number of benzene rings is 1. The molecule has 1 aromatic carbocycles. The molecule has 0 atom stereocenters. The van der Waals surface area contributed by atoms with Crippen LogP contribution in [0.3, 0.4) is 0 Å². The number of nitro groups is 1. The summed E-state index contributed by atoms with van der Waals surface area (Å²) in [6, 6.07) is 4.34. The Kier molecular flexibility index (Phi) is 3.76. The van der Waals surface area contributed by atoms with Crippen LogP contribution in [0.5, 0.6) is 5.75 Å². The zero-order valence-corrected chi connectivity index (χ0v) is 12.1. The van der Waals surface area contributed by atoms with Gasteiger partial charge >= 0.3 is 0 Å². The van der Waals surface area contributed by atoms with Crippen LogP contribution in [0, 0.1) is 10.1 Å². The quantitative estimate of drug-likeness (QED) is 0.669. The lowest BCUT2D eigenvalue weighted by molar-refractivity contribution is -0.384. The normalized spacial score (nSPS) is 14.6. The number of aliphatic hydroxyl groups excluding tert-OH is 1. The fourth-order valence-corrected chi connectivity index (χ4v) is 2.66. The van der Waals surface area contributed by atoms with Gasteiger partial charge in [0.05, 0.1) is 24.3 Å². The Hall–Kier alpha value is -2.48. The maximum atomic E-state index is 11.0. The summed E-state index contributed by atoms with van der Waals surface area (Å²) in [6.45, 7) is -0.205. The molecule has 1 aliphatic rings. The summed E-state index contributed by atoms with van der Waals surface area (Å²) in [6.07, 6.45) is 3.11. The Balaban J connectivity index is 2.16. The first-order valence-corrected chi connectivity index (χ1v) is 7.03. The molecule has 0 radical (unpaired) electrons. The van der Waals surface area contributed by atoms with Crippen LogP contribution in [0.4, 0.5) is 5.69 Å². The molecule has 116 valence electrons. The molecule has 0 aliphatic heterocycles. The molecule has 8 nitrogen and oxygen atoms in total. The third kappa shape index (κ3) is 2.31. The van der Waals surface area contributed by atoms with Gasteiger partial charge in [-0.15, -0.1) is 5.10 Å². The number of methoxy groups -OCH3 is 1. The SMILES string of the molecule is COc1ccc([N+](=O)[O-])cc1-n1nnc(CO)c1C1CCC1. The Morgan fingerprint density at radius 3 is 2.82 bits per heavy atom. The summed E-state index contributed by atoms with van der Waals surface area (Å²) >= 11 is 0. The van der Waals surface area contributed by atoms with E-state index in [0.29, 0.717) is 17.1 Å². The first-order valence-electron chi connectivity index (χ1n) is 7.03. The minimum Gasteiger partial charge on any atom is -0.494 e. The lowest BCUT2D eigenvalue weighted by Gasteiger charge is -2.26. The lowest BCUT2D eigenvalue weighted by atomic mass is 9.82. The van der Waals surface area contributed by atoms with Crippen molar-refractivity contribution in [3.63, 3.8) is 0 Å². The van der Waals surface area contributed by atoms with E-state index < -0.39 is 4.92 Å². The highest BCUT2D eigenvalue weighted by molar-refractivity contribution is 5.54. The number of hydrogen-bond donors (Lipinski definition) is 1. The van der Waals surface area contributed by atoms with Crippen LogP contribution < -0.4 is 4.74 Å². The molecule has 8 heteroatoms. The average molecular weight is 304 g/mol. The third-order valence-corrected chi connectivity index (χ3v) is 4.02. The largest absolute Gasteiger partial charge is 0.494 e. The molecule has 3 rings (SSSR count). The molecule has 1 heterocycles. The molecular weight excluding hydrogens is 288 g/mol. The van der Waals surface area contributed by atoms with E-state index in [9.17, 15) is 15.2 Å². The van der Waals surface area contributed by atoms with Gasteiger partial charge < -0.3 is 9.84 Å². The van der Waals surface area contributed by atoms with Crippen LogP contribution in [0.1, 0.15) is 36.6 Å². The van der Waals surface area contributed by atoms with E-state index in [4.69, 9.17) is 4.74 Å². The summed E-state index contributed by atoms with van der Waals surface area (Å²) in [7, 11) is 1.50. The van der Waals surface area contributed by atoms with Gasteiger partial charge in [0, 0.05) is 18.1 Å². The smallest absolute Gasteiger partial charge is 0.271 e. The summed E-state index contributed by atoms with van der Waals surface area (Å²) in [4.78, 5) is 10.5. The van der Waals surface area contributed by atoms with E-state index in [1.54, 1.807) is 4.68 Å². The number of aliphatic hydroxyl groups is 1. The van der Waals surface area contributed by atoms with Crippen molar-refractivity contribution >= 4 is 5.69 Å². The minimum atomic E-state index is -0.462. The fourth-order valence-electron chi connectivity index (χ4n) is 2.66. The molecule has 0 spiro atoms. The van der Waals surface area contributed by atoms with Crippen molar-refractivity contribution in [1.82, 2.24) is 15.0 Å². The van der Waals surface area contributed by atoms with E-state index in [1.807, 2.05) is 0 Å². The first-order chi connectivity index (χ1) is 10.7. The Morgan fingerprint density at radius 1 is 1.50 bits per heavy atom. The van der Waals surface area contributed by atoms with Gasteiger partial charge in [0.25, 0.3) is 5.69 Å². The van der Waals surface area contributed by atoms with Crippen molar-refractivity contribution < 1.29 is 14.8 Å². The first kappa shape index (κ1) is 14.5. The predicted molar refractivity (Wildman–Crippen MR) is 77.1 cm³/mol. The molecular formula is C14H16N4O4. The number of rotatable bonds is 5. The van der Waals surface area contributed by atoms with Gasteiger partial charge in [-0.25, -0.2) is 4.68 Å². The second-order valence-electron chi connectivity index (χ2n) is 5.23. The molecule has 1 aromatic heterocycles. The topological polar surface area (TPSA) is 103 Å². The molecule has 0 saturated heterocycles. The number of ether oxygens (including phenoxy) is 1. The highest BCUT2D eigenvalue weighted by Crippen LogP contribution is 2.39. The van der Waals surface area contributed by atoms with Gasteiger partial charge in [0.1, 0.15) is 17.1 Å². The van der Waals surface area contributed by atoms with Gasteiger partial charge in [0.15, 0.2) is 0 Å². The molecule has 1 N–H and O–H groups in total. The van der Waals surface area contributed by atoms with Gasteiger partial charge in [-0.05, 0) is 18.9 Å². The van der Waals surface area contributed by atoms with Crippen LogP contribution in [-0.4, -0.2) is 32.1 Å². The summed E-state index contributed by atoms with van der Waals surface area (Å²) in [5.74, 6) is 0.738.